The van der Waals surface area contributed by atoms with Crippen molar-refractivity contribution in [2.24, 2.45) is 4.99 Å². The third kappa shape index (κ3) is 3.49. The summed E-state index contributed by atoms with van der Waals surface area (Å²) in [5.41, 5.74) is 2.57. The first kappa shape index (κ1) is 12.9. The highest BCUT2D eigenvalue weighted by atomic mass is 15.3. The maximum Gasteiger partial charge on any atom is 0.194 e. The van der Waals surface area contributed by atoms with E-state index in [9.17, 15) is 0 Å². The van der Waals surface area contributed by atoms with Crippen LogP contribution >= 0.6 is 0 Å². The van der Waals surface area contributed by atoms with Crippen LogP contribution in [0.5, 0.6) is 0 Å². The molecule has 3 nitrogen and oxygen atoms in total. The van der Waals surface area contributed by atoms with Crippen molar-refractivity contribution in [3.05, 3.63) is 35.4 Å². The molecule has 1 aromatic carbocycles. The highest BCUT2D eigenvalue weighted by Crippen LogP contribution is 2.09. The third-order valence-electron chi connectivity index (χ3n) is 3.27. The van der Waals surface area contributed by atoms with Crippen molar-refractivity contribution in [2.45, 2.75) is 33.2 Å². The summed E-state index contributed by atoms with van der Waals surface area (Å²) in [7, 11) is 0. The van der Waals surface area contributed by atoms with Gasteiger partial charge in [0.05, 0.1) is 6.54 Å². The molecule has 1 N–H and O–H groups in total. The van der Waals surface area contributed by atoms with Gasteiger partial charge in [0.2, 0.25) is 0 Å². The van der Waals surface area contributed by atoms with Crippen molar-refractivity contribution in [2.75, 3.05) is 19.6 Å². The molecule has 0 atom stereocenters. The minimum absolute atomic E-state index is 0.763. The SMILES string of the molecule is CCNC(=NCc1ccc(C)cc1)N1CCCC1. The van der Waals surface area contributed by atoms with Gasteiger partial charge in [0, 0.05) is 19.6 Å². The Kier molecular flexibility index (Phi) is 4.62. The van der Waals surface area contributed by atoms with Crippen LogP contribution in [0.3, 0.4) is 0 Å². The number of aryl methyl sites for hydroxylation is 1. The Balaban J connectivity index is 2.00. The second kappa shape index (κ2) is 6.43. The van der Waals surface area contributed by atoms with Crippen LogP contribution in [-0.4, -0.2) is 30.5 Å². The van der Waals surface area contributed by atoms with Gasteiger partial charge in [0.15, 0.2) is 5.96 Å². The van der Waals surface area contributed by atoms with Crippen LogP contribution < -0.4 is 5.32 Å². The summed E-state index contributed by atoms with van der Waals surface area (Å²) in [4.78, 5) is 7.09. The van der Waals surface area contributed by atoms with Gasteiger partial charge in [0.1, 0.15) is 0 Å². The van der Waals surface area contributed by atoms with E-state index in [4.69, 9.17) is 4.99 Å². The second-order valence-corrected chi connectivity index (χ2v) is 4.85. The van der Waals surface area contributed by atoms with Gasteiger partial charge in [-0.2, -0.15) is 0 Å². The van der Waals surface area contributed by atoms with Gasteiger partial charge in [-0.15, -0.1) is 0 Å². The van der Waals surface area contributed by atoms with Crippen LogP contribution in [0.25, 0.3) is 0 Å². The number of hydrogen-bond acceptors (Lipinski definition) is 1. The molecule has 0 aromatic heterocycles. The minimum atomic E-state index is 0.763. The van der Waals surface area contributed by atoms with E-state index in [0.717, 1.165) is 32.1 Å². The van der Waals surface area contributed by atoms with E-state index in [-0.39, 0.29) is 0 Å². The van der Waals surface area contributed by atoms with Crippen molar-refractivity contribution in [3.8, 4) is 0 Å². The fraction of sp³-hybridized carbons (Fsp3) is 0.533. The van der Waals surface area contributed by atoms with Gasteiger partial charge in [-0.25, -0.2) is 4.99 Å². The molecular formula is C15H23N3. The summed E-state index contributed by atoms with van der Waals surface area (Å²) >= 11 is 0. The molecule has 18 heavy (non-hydrogen) atoms. The Labute approximate surface area is 110 Å². The molecular weight excluding hydrogens is 222 g/mol. The number of hydrogen-bond donors (Lipinski definition) is 1. The molecule has 0 spiro atoms. The van der Waals surface area contributed by atoms with Crippen LogP contribution in [0.1, 0.15) is 30.9 Å². The molecule has 0 saturated carbocycles. The van der Waals surface area contributed by atoms with Gasteiger partial charge in [-0.1, -0.05) is 29.8 Å². The van der Waals surface area contributed by atoms with Gasteiger partial charge in [-0.05, 0) is 32.3 Å². The summed E-state index contributed by atoms with van der Waals surface area (Å²) in [6, 6.07) is 8.61. The molecule has 98 valence electrons. The lowest BCUT2D eigenvalue weighted by molar-refractivity contribution is 0.493. The van der Waals surface area contributed by atoms with Crippen LogP contribution in [0.2, 0.25) is 0 Å². The van der Waals surface area contributed by atoms with E-state index < -0.39 is 0 Å². The summed E-state index contributed by atoms with van der Waals surface area (Å²) in [6.07, 6.45) is 2.57. The summed E-state index contributed by atoms with van der Waals surface area (Å²) in [6.45, 7) is 8.21. The van der Waals surface area contributed by atoms with Gasteiger partial charge < -0.3 is 10.2 Å². The topological polar surface area (TPSA) is 27.6 Å². The monoisotopic (exact) mass is 245 g/mol. The van der Waals surface area contributed by atoms with E-state index in [2.05, 4.69) is 48.3 Å². The van der Waals surface area contributed by atoms with E-state index in [1.165, 1.54) is 24.0 Å². The molecule has 1 fully saturated rings. The fourth-order valence-electron chi connectivity index (χ4n) is 2.21. The number of nitrogens with one attached hydrogen (secondary N) is 1. The standard InChI is InChI=1S/C15H23N3/c1-3-16-15(18-10-4-5-11-18)17-12-14-8-6-13(2)7-9-14/h6-9H,3-5,10-12H2,1-2H3,(H,16,17). The normalized spacial score (nSPS) is 16.1. The second-order valence-electron chi connectivity index (χ2n) is 4.85. The quantitative estimate of drug-likeness (QED) is 0.654. The molecule has 0 unspecified atom stereocenters. The number of guanidine groups is 1. The lowest BCUT2D eigenvalue weighted by Crippen LogP contribution is -2.39. The lowest BCUT2D eigenvalue weighted by atomic mass is 10.1. The highest BCUT2D eigenvalue weighted by Gasteiger charge is 2.15. The third-order valence-corrected chi connectivity index (χ3v) is 3.27. The van der Waals surface area contributed by atoms with Crippen molar-refractivity contribution in [1.82, 2.24) is 10.2 Å². The van der Waals surface area contributed by atoms with Crippen molar-refractivity contribution < 1.29 is 0 Å². The number of benzene rings is 1. The van der Waals surface area contributed by atoms with E-state index in [1.54, 1.807) is 0 Å². The van der Waals surface area contributed by atoms with E-state index in [1.807, 2.05) is 0 Å². The predicted molar refractivity (Wildman–Crippen MR) is 76.8 cm³/mol. The molecule has 1 heterocycles. The highest BCUT2D eigenvalue weighted by molar-refractivity contribution is 5.80. The van der Waals surface area contributed by atoms with Crippen molar-refractivity contribution >= 4 is 5.96 Å². The molecule has 2 rings (SSSR count). The van der Waals surface area contributed by atoms with Gasteiger partial charge in [0.25, 0.3) is 0 Å². The van der Waals surface area contributed by atoms with Gasteiger partial charge in [-0.3, -0.25) is 0 Å². The Morgan fingerprint density at radius 1 is 1.22 bits per heavy atom. The molecule has 0 bridgehead atoms. The zero-order valence-corrected chi connectivity index (χ0v) is 11.4. The number of likely N-dealkylation sites (tertiary alicyclic amines) is 1. The average molecular weight is 245 g/mol. The van der Waals surface area contributed by atoms with Crippen molar-refractivity contribution in [3.63, 3.8) is 0 Å². The largest absolute Gasteiger partial charge is 0.357 e. The summed E-state index contributed by atoms with van der Waals surface area (Å²) < 4.78 is 0. The average Bonchev–Trinajstić information content (AvgIpc) is 2.90. The predicted octanol–water partition coefficient (Wildman–Crippen LogP) is 2.56. The fourth-order valence-corrected chi connectivity index (χ4v) is 2.21. The zero-order valence-electron chi connectivity index (χ0n) is 11.4. The lowest BCUT2D eigenvalue weighted by Gasteiger charge is -2.20. The Hall–Kier alpha value is -1.51. The molecule has 0 radical (unpaired) electrons. The molecule has 1 saturated heterocycles. The van der Waals surface area contributed by atoms with Crippen molar-refractivity contribution in [1.29, 1.82) is 0 Å². The van der Waals surface area contributed by atoms with Gasteiger partial charge >= 0.3 is 0 Å². The molecule has 1 aliphatic heterocycles. The molecule has 3 heteroatoms. The first-order chi connectivity index (χ1) is 8.79. The molecule has 1 aromatic rings. The van der Waals surface area contributed by atoms with Crippen LogP contribution in [0.4, 0.5) is 0 Å². The number of rotatable bonds is 3. The first-order valence-electron chi connectivity index (χ1n) is 6.88. The number of aliphatic imine (C=N–C) groups is 1. The smallest absolute Gasteiger partial charge is 0.194 e. The molecule has 0 amide bonds. The minimum Gasteiger partial charge on any atom is -0.357 e. The number of nitrogens with zero attached hydrogens (tertiary/aromatic N) is 2. The Morgan fingerprint density at radius 2 is 1.89 bits per heavy atom. The van der Waals surface area contributed by atoms with Crippen LogP contribution in [0.15, 0.2) is 29.3 Å². The Bertz CT molecular complexity index is 389. The zero-order chi connectivity index (χ0) is 12.8. The van der Waals surface area contributed by atoms with E-state index in [0.29, 0.717) is 0 Å². The molecule has 1 aliphatic rings. The Morgan fingerprint density at radius 3 is 2.50 bits per heavy atom. The summed E-state index contributed by atoms with van der Waals surface area (Å²) in [5, 5.41) is 3.38. The van der Waals surface area contributed by atoms with Crippen LogP contribution in [0, 0.1) is 6.92 Å². The van der Waals surface area contributed by atoms with Crippen LogP contribution in [-0.2, 0) is 6.54 Å². The summed E-state index contributed by atoms with van der Waals surface area (Å²) in [5.74, 6) is 1.07. The molecule has 0 aliphatic carbocycles. The maximum absolute atomic E-state index is 4.73. The maximum atomic E-state index is 4.73. The first-order valence-corrected chi connectivity index (χ1v) is 6.88. The van der Waals surface area contributed by atoms with E-state index >= 15 is 0 Å².